The molecule has 0 aromatic carbocycles. The Morgan fingerprint density at radius 2 is 2.10 bits per heavy atom. The maximum Gasteiger partial charge on any atom is 0.355 e. The van der Waals surface area contributed by atoms with Crippen LogP contribution >= 0.6 is 11.3 Å². The average molecular weight is 314 g/mol. The topological polar surface area (TPSA) is 103 Å². The van der Waals surface area contributed by atoms with Crippen LogP contribution in [0.5, 0.6) is 0 Å². The lowest BCUT2D eigenvalue weighted by Gasteiger charge is -2.24. The number of esters is 1. The number of thiazole rings is 1. The Morgan fingerprint density at radius 3 is 2.57 bits per heavy atom. The smallest absolute Gasteiger partial charge is 0.355 e. The molecule has 3 N–H and O–H groups in total. The van der Waals surface area contributed by atoms with Gasteiger partial charge in [-0.05, 0) is 39.5 Å². The second-order valence-corrected chi connectivity index (χ2v) is 6.95. The molecule has 0 aliphatic rings. The largest absolute Gasteiger partial charge is 0.476 e. The zero-order chi connectivity index (χ0) is 16.2. The van der Waals surface area contributed by atoms with Crippen LogP contribution in [-0.4, -0.2) is 33.7 Å². The molecule has 0 fully saturated rings. The number of aromatic carboxylic acids is 1. The first-order valence-electron chi connectivity index (χ1n) is 6.76. The Bertz CT molecular complexity index is 507. The quantitative estimate of drug-likeness (QED) is 0.779. The molecular weight excluding hydrogens is 292 g/mol. The number of aryl methyl sites for hydroxylation is 1. The van der Waals surface area contributed by atoms with E-state index in [1.54, 1.807) is 20.8 Å². The predicted octanol–water partition coefficient (Wildman–Crippen LogP) is 2.08. The van der Waals surface area contributed by atoms with Crippen LogP contribution in [0.25, 0.3) is 0 Å². The number of rotatable bonds is 6. The van der Waals surface area contributed by atoms with Crippen molar-refractivity contribution in [3.63, 3.8) is 0 Å². The van der Waals surface area contributed by atoms with Crippen LogP contribution in [0.1, 0.15) is 49.6 Å². The molecule has 0 saturated heterocycles. The Kier molecular flexibility index (Phi) is 5.86. The minimum Gasteiger partial charge on any atom is -0.476 e. The minimum absolute atomic E-state index is 0.0547. The zero-order valence-corrected chi connectivity index (χ0v) is 13.6. The van der Waals surface area contributed by atoms with Crippen LogP contribution in [0, 0.1) is 5.92 Å². The number of aromatic nitrogens is 1. The van der Waals surface area contributed by atoms with Gasteiger partial charge in [0, 0.05) is 5.38 Å². The summed E-state index contributed by atoms with van der Waals surface area (Å²) < 4.78 is 5.25. The molecule has 1 aromatic heterocycles. The highest BCUT2D eigenvalue weighted by Gasteiger charge is 2.26. The van der Waals surface area contributed by atoms with Crippen molar-refractivity contribution in [2.24, 2.45) is 11.7 Å². The lowest BCUT2D eigenvalue weighted by atomic mass is 9.97. The lowest BCUT2D eigenvalue weighted by molar-refractivity contribution is -0.157. The third kappa shape index (κ3) is 5.81. The van der Waals surface area contributed by atoms with Gasteiger partial charge in [-0.2, -0.15) is 0 Å². The van der Waals surface area contributed by atoms with Crippen LogP contribution in [0.15, 0.2) is 5.38 Å². The average Bonchev–Trinajstić information content (AvgIpc) is 2.81. The number of nitrogens with two attached hydrogens (primary N) is 1. The van der Waals surface area contributed by atoms with Crippen LogP contribution in [-0.2, 0) is 16.0 Å². The van der Waals surface area contributed by atoms with Crippen molar-refractivity contribution in [2.45, 2.75) is 52.2 Å². The molecule has 2 atom stereocenters. The van der Waals surface area contributed by atoms with Crippen LogP contribution in [0.2, 0.25) is 0 Å². The molecule has 1 rings (SSSR count). The highest BCUT2D eigenvalue weighted by atomic mass is 32.1. The Balaban J connectivity index is 2.50. The van der Waals surface area contributed by atoms with Gasteiger partial charge in [0.1, 0.15) is 11.6 Å². The van der Waals surface area contributed by atoms with Gasteiger partial charge in [0.2, 0.25) is 0 Å². The van der Waals surface area contributed by atoms with Gasteiger partial charge >= 0.3 is 11.9 Å². The van der Waals surface area contributed by atoms with E-state index in [2.05, 4.69) is 4.98 Å². The van der Waals surface area contributed by atoms with Gasteiger partial charge in [0.15, 0.2) is 5.69 Å². The maximum absolute atomic E-state index is 11.9. The summed E-state index contributed by atoms with van der Waals surface area (Å²) >= 11 is 1.30. The molecule has 6 nitrogen and oxygen atoms in total. The van der Waals surface area contributed by atoms with E-state index < -0.39 is 23.6 Å². The molecule has 0 bridgehead atoms. The second-order valence-electron chi connectivity index (χ2n) is 6.01. The highest BCUT2D eigenvalue weighted by Crippen LogP contribution is 2.18. The van der Waals surface area contributed by atoms with Gasteiger partial charge in [-0.1, -0.05) is 6.92 Å². The monoisotopic (exact) mass is 314 g/mol. The van der Waals surface area contributed by atoms with Gasteiger partial charge in [-0.3, -0.25) is 4.79 Å². The summed E-state index contributed by atoms with van der Waals surface area (Å²) in [7, 11) is 0. The Hall–Kier alpha value is -1.47. The van der Waals surface area contributed by atoms with E-state index in [0.717, 1.165) is 5.01 Å². The van der Waals surface area contributed by atoms with E-state index in [9.17, 15) is 9.59 Å². The Labute approximate surface area is 128 Å². The second kappa shape index (κ2) is 7.00. The molecule has 0 spiro atoms. The molecule has 0 amide bonds. The molecular formula is C14H22N2O4S. The first kappa shape index (κ1) is 17.6. The van der Waals surface area contributed by atoms with Crippen molar-refractivity contribution in [2.75, 3.05) is 0 Å². The number of carboxylic acids is 1. The third-order valence-electron chi connectivity index (χ3n) is 2.88. The number of carboxylic acid groups (broad SMARTS) is 1. The summed E-state index contributed by atoms with van der Waals surface area (Å²) in [6.45, 7) is 7.27. The normalized spacial score (nSPS) is 14.5. The van der Waals surface area contributed by atoms with Crippen LogP contribution in [0.4, 0.5) is 0 Å². The lowest BCUT2D eigenvalue weighted by Crippen LogP contribution is -2.41. The van der Waals surface area contributed by atoms with Crippen molar-refractivity contribution in [3.05, 3.63) is 16.1 Å². The first-order chi connectivity index (χ1) is 9.60. The van der Waals surface area contributed by atoms with E-state index in [0.29, 0.717) is 12.8 Å². The maximum atomic E-state index is 11.9. The Morgan fingerprint density at radius 1 is 1.48 bits per heavy atom. The predicted molar refractivity (Wildman–Crippen MR) is 80.4 cm³/mol. The number of hydrogen-bond donors (Lipinski definition) is 2. The summed E-state index contributed by atoms with van der Waals surface area (Å²) in [5.74, 6) is -1.52. The summed E-state index contributed by atoms with van der Waals surface area (Å²) in [5.41, 5.74) is 5.40. The van der Waals surface area contributed by atoms with Gasteiger partial charge in [0.05, 0.1) is 5.01 Å². The summed E-state index contributed by atoms with van der Waals surface area (Å²) in [6, 6.07) is -0.692. The van der Waals surface area contributed by atoms with E-state index >= 15 is 0 Å². The fraction of sp³-hybridized carbons (Fsp3) is 0.643. The number of hydrogen-bond acceptors (Lipinski definition) is 6. The summed E-state index contributed by atoms with van der Waals surface area (Å²) in [5, 5.41) is 11.0. The molecule has 7 heteroatoms. The van der Waals surface area contributed by atoms with Crippen molar-refractivity contribution < 1.29 is 19.4 Å². The molecule has 2 unspecified atom stereocenters. The van der Waals surface area contributed by atoms with Gasteiger partial charge in [-0.25, -0.2) is 9.78 Å². The van der Waals surface area contributed by atoms with E-state index in [1.165, 1.54) is 16.7 Å². The summed E-state index contributed by atoms with van der Waals surface area (Å²) in [4.78, 5) is 26.6. The molecule has 0 aliphatic heterocycles. The van der Waals surface area contributed by atoms with Gasteiger partial charge < -0.3 is 15.6 Å². The van der Waals surface area contributed by atoms with Crippen molar-refractivity contribution >= 4 is 23.3 Å². The number of nitrogens with zero attached hydrogens (tertiary/aromatic N) is 1. The highest BCUT2D eigenvalue weighted by molar-refractivity contribution is 7.09. The SMILES string of the molecule is CC(CCc1nc(C(=O)O)cs1)C(N)C(=O)OC(C)(C)C. The fourth-order valence-electron chi connectivity index (χ4n) is 1.66. The molecule has 21 heavy (non-hydrogen) atoms. The van der Waals surface area contributed by atoms with Crippen LogP contribution < -0.4 is 5.73 Å². The minimum atomic E-state index is -1.03. The van der Waals surface area contributed by atoms with E-state index in [4.69, 9.17) is 15.6 Å². The molecule has 1 heterocycles. The standard InChI is InChI=1S/C14H22N2O4S/c1-8(11(15)13(19)20-14(2,3)4)5-6-10-16-9(7-21-10)12(17)18/h7-8,11H,5-6,15H2,1-4H3,(H,17,18). The number of carbonyl (C=O) groups excluding carboxylic acids is 1. The fourth-order valence-corrected chi connectivity index (χ4v) is 2.44. The molecule has 0 saturated carbocycles. The number of carbonyl (C=O) groups is 2. The first-order valence-corrected chi connectivity index (χ1v) is 7.64. The van der Waals surface area contributed by atoms with Crippen molar-refractivity contribution in [3.8, 4) is 0 Å². The van der Waals surface area contributed by atoms with Gasteiger partial charge in [0.25, 0.3) is 0 Å². The van der Waals surface area contributed by atoms with Crippen LogP contribution in [0.3, 0.4) is 0 Å². The summed E-state index contributed by atoms with van der Waals surface area (Å²) in [6.07, 6.45) is 1.24. The van der Waals surface area contributed by atoms with Crippen molar-refractivity contribution in [1.29, 1.82) is 0 Å². The van der Waals surface area contributed by atoms with Gasteiger partial charge in [-0.15, -0.1) is 11.3 Å². The molecule has 1 aromatic rings. The zero-order valence-electron chi connectivity index (χ0n) is 12.8. The van der Waals surface area contributed by atoms with E-state index in [-0.39, 0.29) is 11.6 Å². The number of ether oxygens (including phenoxy) is 1. The van der Waals surface area contributed by atoms with E-state index in [1.807, 2.05) is 6.92 Å². The molecule has 118 valence electrons. The molecule has 0 aliphatic carbocycles. The van der Waals surface area contributed by atoms with Crippen molar-refractivity contribution in [1.82, 2.24) is 4.98 Å². The molecule has 0 radical (unpaired) electrons. The third-order valence-corrected chi connectivity index (χ3v) is 3.79.